The zero-order valence-electron chi connectivity index (χ0n) is 28.0. The predicted octanol–water partition coefficient (Wildman–Crippen LogP) is 1.48. The Hall–Kier alpha value is -3.34. The molecule has 1 saturated heterocycles. The highest BCUT2D eigenvalue weighted by Crippen LogP contribution is 2.23. The second kappa shape index (κ2) is 20.1. The zero-order chi connectivity index (χ0) is 34.1. The van der Waals surface area contributed by atoms with Crippen LogP contribution < -0.4 is 16.3 Å². The Morgan fingerprint density at radius 3 is 1.87 bits per heavy atom. The van der Waals surface area contributed by atoms with Crippen molar-refractivity contribution in [3.8, 4) is 0 Å². The summed E-state index contributed by atoms with van der Waals surface area (Å²) in [6, 6.07) is 5.00. The lowest BCUT2D eigenvalue weighted by Crippen LogP contribution is -2.44. The Morgan fingerprint density at radius 2 is 1.34 bits per heavy atom. The molecule has 15 nitrogen and oxygen atoms in total. The molecule has 3 rings (SSSR count). The Balaban J connectivity index is 1.12. The highest BCUT2D eigenvalue weighted by molar-refractivity contribution is 6.00. The maximum absolute atomic E-state index is 12.9. The van der Waals surface area contributed by atoms with E-state index in [9.17, 15) is 19.2 Å². The van der Waals surface area contributed by atoms with Crippen molar-refractivity contribution in [2.45, 2.75) is 51.7 Å². The molecule has 0 bridgehead atoms. The largest absolute Gasteiger partial charge is 0.444 e. The van der Waals surface area contributed by atoms with Gasteiger partial charge in [-0.1, -0.05) is 6.07 Å². The Labute approximate surface area is 275 Å². The van der Waals surface area contributed by atoms with Gasteiger partial charge in [-0.15, -0.1) is 0 Å². The number of carbonyl (C=O) groups is 3. The summed E-state index contributed by atoms with van der Waals surface area (Å²) in [4.78, 5) is 48.3. The Kier molecular flexibility index (Phi) is 16.3. The number of piperidine rings is 1. The molecule has 2 aromatic rings. The number of ether oxygens (including phenoxy) is 7. The van der Waals surface area contributed by atoms with Gasteiger partial charge in [-0.3, -0.25) is 24.0 Å². The van der Waals surface area contributed by atoms with Crippen molar-refractivity contribution in [1.82, 2.24) is 19.8 Å². The first-order chi connectivity index (χ1) is 22.6. The van der Waals surface area contributed by atoms with E-state index in [1.165, 1.54) is 9.13 Å². The number of alkyl carbamates (subject to hydrolysis) is 1. The van der Waals surface area contributed by atoms with Crippen LogP contribution in [0.15, 0.2) is 23.0 Å². The lowest BCUT2D eigenvalue weighted by atomic mass is 10.1. The van der Waals surface area contributed by atoms with E-state index in [0.717, 1.165) is 11.1 Å². The number of hydrogen-bond donors (Lipinski definition) is 2. The van der Waals surface area contributed by atoms with Gasteiger partial charge in [-0.25, -0.2) is 9.59 Å². The number of imide groups is 1. The van der Waals surface area contributed by atoms with Gasteiger partial charge in [0, 0.05) is 20.0 Å². The van der Waals surface area contributed by atoms with Crippen LogP contribution in [0.5, 0.6) is 0 Å². The van der Waals surface area contributed by atoms with E-state index in [1.807, 2.05) is 39.0 Å². The minimum absolute atomic E-state index is 0.206. The van der Waals surface area contributed by atoms with Gasteiger partial charge < -0.3 is 38.5 Å². The first-order valence-corrected chi connectivity index (χ1v) is 16.0. The number of rotatable bonds is 22. The second-order valence-electron chi connectivity index (χ2n) is 11.9. The quantitative estimate of drug-likeness (QED) is 0.138. The number of nitrogens with one attached hydrogen (secondary N) is 2. The fourth-order valence-corrected chi connectivity index (χ4v) is 4.73. The number of nitrogens with zero attached hydrogens (tertiary/aromatic N) is 2. The molecule has 2 heterocycles. The summed E-state index contributed by atoms with van der Waals surface area (Å²) in [5.41, 5.74) is 1.58. The maximum atomic E-state index is 12.9. The summed E-state index contributed by atoms with van der Waals surface area (Å²) in [7, 11) is 1.68. The van der Waals surface area contributed by atoms with E-state index < -0.39 is 23.6 Å². The summed E-state index contributed by atoms with van der Waals surface area (Å²) < 4.78 is 41.2. The van der Waals surface area contributed by atoms with Crippen LogP contribution in [-0.4, -0.2) is 118 Å². The van der Waals surface area contributed by atoms with E-state index >= 15 is 0 Å². The Bertz CT molecular complexity index is 1330. The van der Waals surface area contributed by atoms with Crippen molar-refractivity contribution < 1.29 is 47.5 Å². The van der Waals surface area contributed by atoms with E-state index in [1.54, 1.807) is 7.05 Å². The van der Waals surface area contributed by atoms with Gasteiger partial charge in [0.05, 0.1) is 90.3 Å². The van der Waals surface area contributed by atoms with Crippen LogP contribution in [0.3, 0.4) is 0 Å². The van der Waals surface area contributed by atoms with Crippen LogP contribution in [0.2, 0.25) is 0 Å². The van der Waals surface area contributed by atoms with E-state index in [-0.39, 0.29) is 18.0 Å². The van der Waals surface area contributed by atoms with Crippen LogP contribution in [0.25, 0.3) is 11.0 Å². The molecule has 3 amide bonds. The standard InChI is InChI=1S/C32H50N4O11/c1-32(2,3)47-30(39)33-10-12-42-14-16-44-18-20-46-22-21-45-19-17-43-15-13-41-11-9-24-5-6-25-27(23-24)35(4)31(40)36(25)26-7-8-28(37)34-29(26)38/h5-6,23,26H,7-22H2,1-4H3,(H,33,39)(H,34,37,38). The molecule has 1 atom stereocenters. The van der Waals surface area contributed by atoms with Gasteiger partial charge in [0.25, 0.3) is 0 Å². The number of benzene rings is 1. The third-order valence-electron chi connectivity index (χ3n) is 6.99. The van der Waals surface area contributed by atoms with Gasteiger partial charge in [0.2, 0.25) is 11.8 Å². The molecule has 0 radical (unpaired) electrons. The maximum Gasteiger partial charge on any atom is 0.407 e. The number of amides is 3. The summed E-state index contributed by atoms with van der Waals surface area (Å²) in [6.45, 7) is 11.2. The van der Waals surface area contributed by atoms with Gasteiger partial charge in [0.1, 0.15) is 11.6 Å². The molecule has 1 aliphatic heterocycles. The van der Waals surface area contributed by atoms with E-state index in [2.05, 4.69) is 10.6 Å². The van der Waals surface area contributed by atoms with Crippen molar-refractivity contribution in [3.63, 3.8) is 0 Å². The molecule has 15 heteroatoms. The summed E-state index contributed by atoms with van der Waals surface area (Å²) in [5, 5.41) is 4.95. The molecular formula is C32H50N4O11. The third-order valence-corrected chi connectivity index (χ3v) is 6.99. The van der Waals surface area contributed by atoms with Crippen LogP contribution in [0.4, 0.5) is 4.79 Å². The molecule has 1 unspecified atom stereocenters. The molecule has 0 saturated carbocycles. The Morgan fingerprint density at radius 1 is 0.809 bits per heavy atom. The third kappa shape index (κ3) is 13.7. The molecule has 1 aromatic heterocycles. The normalized spacial score (nSPS) is 15.3. The highest BCUT2D eigenvalue weighted by atomic mass is 16.6. The number of carbonyl (C=O) groups excluding carboxylic acids is 3. The molecule has 0 aliphatic carbocycles. The molecule has 0 spiro atoms. The summed E-state index contributed by atoms with van der Waals surface area (Å²) in [6.07, 6.45) is 0.704. The molecule has 2 N–H and O–H groups in total. The van der Waals surface area contributed by atoms with Crippen molar-refractivity contribution in [1.29, 1.82) is 0 Å². The second-order valence-corrected chi connectivity index (χ2v) is 11.9. The monoisotopic (exact) mass is 666 g/mol. The molecule has 1 aliphatic rings. The van der Waals surface area contributed by atoms with Gasteiger partial charge in [-0.05, 0) is 51.3 Å². The fraction of sp³-hybridized carbons (Fsp3) is 0.688. The predicted molar refractivity (Wildman–Crippen MR) is 171 cm³/mol. The zero-order valence-corrected chi connectivity index (χ0v) is 28.0. The summed E-state index contributed by atoms with van der Waals surface area (Å²) in [5.74, 6) is -0.762. The molecule has 1 aromatic carbocycles. The number of aryl methyl sites for hydroxylation is 1. The fourth-order valence-electron chi connectivity index (χ4n) is 4.73. The van der Waals surface area contributed by atoms with Gasteiger partial charge in [-0.2, -0.15) is 0 Å². The van der Waals surface area contributed by atoms with Crippen LogP contribution >= 0.6 is 0 Å². The van der Waals surface area contributed by atoms with Crippen molar-refractivity contribution in [3.05, 3.63) is 34.2 Å². The molecule has 1 fully saturated rings. The molecular weight excluding hydrogens is 616 g/mol. The number of imidazole rings is 1. The van der Waals surface area contributed by atoms with E-state index in [0.29, 0.717) is 104 Å². The molecule has 47 heavy (non-hydrogen) atoms. The van der Waals surface area contributed by atoms with Crippen LogP contribution in [-0.2, 0) is 56.2 Å². The van der Waals surface area contributed by atoms with Gasteiger partial charge >= 0.3 is 11.8 Å². The number of hydrogen-bond acceptors (Lipinski definition) is 11. The lowest BCUT2D eigenvalue weighted by Gasteiger charge is -2.21. The smallest absolute Gasteiger partial charge is 0.407 e. The summed E-state index contributed by atoms with van der Waals surface area (Å²) >= 11 is 0. The van der Waals surface area contributed by atoms with Crippen molar-refractivity contribution >= 4 is 28.9 Å². The van der Waals surface area contributed by atoms with Crippen LogP contribution in [0, 0.1) is 0 Å². The topological polar surface area (TPSA) is 167 Å². The van der Waals surface area contributed by atoms with Gasteiger partial charge in [0.15, 0.2) is 0 Å². The van der Waals surface area contributed by atoms with Crippen LogP contribution in [0.1, 0.15) is 45.2 Å². The first kappa shape index (κ1) is 38.1. The SMILES string of the molecule is Cn1c(=O)n(C2CCC(=O)NC2=O)c2ccc(CCOCCOCCOCCOCCOCCOCCNC(=O)OC(C)(C)C)cc21. The average Bonchev–Trinajstić information content (AvgIpc) is 3.25. The lowest BCUT2D eigenvalue weighted by molar-refractivity contribution is -0.135. The number of aromatic nitrogens is 2. The minimum Gasteiger partial charge on any atom is -0.444 e. The molecule has 264 valence electrons. The van der Waals surface area contributed by atoms with E-state index in [4.69, 9.17) is 33.2 Å². The first-order valence-electron chi connectivity index (χ1n) is 16.0. The average molecular weight is 667 g/mol. The van der Waals surface area contributed by atoms with Crippen molar-refractivity contribution in [2.24, 2.45) is 7.05 Å². The highest BCUT2D eigenvalue weighted by Gasteiger charge is 2.31. The number of fused-ring (bicyclic) bond motifs is 1. The minimum atomic E-state index is -0.700. The van der Waals surface area contributed by atoms with Crippen molar-refractivity contribution in [2.75, 3.05) is 85.8 Å².